The summed E-state index contributed by atoms with van der Waals surface area (Å²) in [6, 6.07) is 0.385. The third-order valence-electron chi connectivity index (χ3n) is 5.11. The zero-order valence-electron chi connectivity index (χ0n) is 11.4. The lowest BCUT2D eigenvalue weighted by molar-refractivity contribution is -0.142. The van der Waals surface area contributed by atoms with E-state index in [1.165, 1.54) is 52.2 Å². The van der Waals surface area contributed by atoms with Crippen molar-refractivity contribution in [2.45, 2.75) is 56.7 Å². The zero-order chi connectivity index (χ0) is 12.6. The molecule has 2 unspecified atom stereocenters. The molecule has 3 fully saturated rings. The van der Waals surface area contributed by atoms with E-state index >= 15 is 0 Å². The first kappa shape index (κ1) is 12.4. The molecule has 0 aromatic rings. The molecule has 0 N–H and O–H groups in total. The van der Waals surface area contributed by atoms with Crippen LogP contribution in [0.25, 0.3) is 0 Å². The monoisotopic (exact) mass is 252 g/mol. The fourth-order valence-electron chi connectivity index (χ4n) is 4.31. The van der Waals surface area contributed by atoms with Gasteiger partial charge in [-0.15, -0.1) is 0 Å². The molecule has 0 aromatic carbocycles. The average molecular weight is 252 g/mol. The van der Waals surface area contributed by atoms with Gasteiger partial charge in [0.1, 0.15) is 0 Å². The van der Waals surface area contributed by atoms with Crippen LogP contribution >= 0.6 is 0 Å². The summed E-state index contributed by atoms with van der Waals surface area (Å²) in [4.78, 5) is 16.9. The molecular weight excluding hydrogens is 228 g/mol. The molecule has 3 rings (SSSR count). The maximum atomic E-state index is 11.6. The predicted octanol–water partition coefficient (Wildman–Crippen LogP) is 1.60. The van der Waals surface area contributed by atoms with Crippen LogP contribution in [0.1, 0.15) is 44.9 Å². The van der Waals surface area contributed by atoms with Crippen molar-refractivity contribution in [3.63, 3.8) is 0 Å². The van der Waals surface area contributed by atoms with Gasteiger partial charge in [0.15, 0.2) is 0 Å². The number of esters is 1. The molecule has 3 heterocycles. The summed E-state index contributed by atoms with van der Waals surface area (Å²) >= 11 is 0. The van der Waals surface area contributed by atoms with Gasteiger partial charge in [-0.3, -0.25) is 14.6 Å². The van der Waals surface area contributed by atoms with Gasteiger partial charge in [0.25, 0.3) is 0 Å². The van der Waals surface area contributed by atoms with Crippen LogP contribution in [-0.4, -0.2) is 54.2 Å². The van der Waals surface area contributed by atoms with Gasteiger partial charge in [-0.2, -0.15) is 0 Å². The molecule has 1 spiro atoms. The summed E-state index contributed by atoms with van der Waals surface area (Å²) in [5.74, 6) is -0.0550. The van der Waals surface area contributed by atoms with E-state index in [-0.39, 0.29) is 5.97 Å². The molecule has 0 aromatic heterocycles. The standard InChI is InChI=1S/C14H24N2O2/c1-18-13(17)10-12-11-15-8-4-2-6-14(15)7-3-5-9-16(12)14/h12H,2-11H2,1H3. The normalized spacial score (nSPS) is 37.1. The number of rotatable bonds is 2. The molecule has 102 valence electrons. The Morgan fingerprint density at radius 2 is 1.94 bits per heavy atom. The summed E-state index contributed by atoms with van der Waals surface area (Å²) in [5, 5.41) is 0. The van der Waals surface area contributed by atoms with Crippen molar-refractivity contribution in [3.05, 3.63) is 0 Å². The fraction of sp³-hybridized carbons (Fsp3) is 0.929. The minimum absolute atomic E-state index is 0.0550. The molecule has 0 radical (unpaired) electrons. The summed E-state index contributed by atoms with van der Waals surface area (Å²) in [5.41, 5.74) is 0.301. The molecule has 18 heavy (non-hydrogen) atoms. The van der Waals surface area contributed by atoms with Crippen LogP contribution in [0.4, 0.5) is 0 Å². The SMILES string of the molecule is COC(=O)CC1CN2CCCCC23CCCCN13. The summed E-state index contributed by atoms with van der Waals surface area (Å²) in [6.45, 7) is 3.45. The Bertz CT molecular complexity index is 328. The third-order valence-corrected chi connectivity index (χ3v) is 5.11. The third kappa shape index (κ3) is 1.86. The van der Waals surface area contributed by atoms with E-state index in [0.717, 1.165) is 13.1 Å². The minimum atomic E-state index is -0.0550. The summed E-state index contributed by atoms with van der Waals surface area (Å²) in [7, 11) is 1.50. The van der Waals surface area contributed by atoms with Crippen molar-refractivity contribution >= 4 is 5.97 Å². The molecule has 2 atom stereocenters. The number of carbonyl (C=O) groups is 1. The van der Waals surface area contributed by atoms with Crippen LogP contribution in [-0.2, 0) is 9.53 Å². The first-order chi connectivity index (χ1) is 8.76. The second-order valence-corrected chi connectivity index (χ2v) is 5.97. The quantitative estimate of drug-likeness (QED) is 0.699. The lowest BCUT2D eigenvalue weighted by Gasteiger charge is -2.50. The molecule has 4 nitrogen and oxygen atoms in total. The molecule has 0 saturated carbocycles. The van der Waals surface area contributed by atoms with Crippen molar-refractivity contribution in [1.29, 1.82) is 0 Å². The highest BCUT2D eigenvalue weighted by Crippen LogP contribution is 2.45. The van der Waals surface area contributed by atoms with E-state index in [4.69, 9.17) is 4.74 Å². The summed E-state index contributed by atoms with van der Waals surface area (Å²) < 4.78 is 4.86. The van der Waals surface area contributed by atoms with Gasteiger partial charge >= 0.3 is 5.97 Å². The Kier molecular flexibility index (Phi) is 3.32. The molecule has 4 heteroatoms. The highest BCUT2D eigenvalue weighted by molar-refractivity contribution is 5.70. The summed E-state index contributed by atoms with van der Waals surface area (Å²) in [6.07, 6.45) is 8.45. The lowest BCUT2D eigenvalue weighted by atomic mass is 9.87. The molecule has 3 aliphatic rings. The second kappa shape index (κ2) is 4.82. The lowest BCUT2D eigenvalue weighted by Crippen LogP contribution is -2.58. The molecule has 3 saturated heterocycles. The van der Waals surface area contributed by atoms with Crippen LogP contribution < -0.4 is 0 Å². The topological polar surface area (TPSA) is 32.8 Å². The number of hydrogen-bond acceptors (Lipinski definition) is 4. The van der Waals surface area contributed by atoms with Crippen molar-refractivity contribution in [3.8, 4) is 0 Å². The molecule has 0 aliphatic carbocycles. The van der Waals surface area contributed by atoms with Crippen LogP contribution in [0.5, 0.6) is 0 Å². The number of hydrogen-bond donors (Lipinski definition) is 0. The molecule has 3 aliphatic heterocycles. The van der Waals surface area contributed by atoms with E-state index in [1.54, 1.807) is 0 Å². The van der Waals surface area contributed by atoms with Gasteiger partial charge in [0.05, 0.1) is 19.2 Å². The average Bonchev–Trinajstić information content (AvgIpc) is 2.72. The van der Waals surface area contributed by atoms with Crippen LogP contribution in [0, 0.1) is 0 Å². The maximum Gasteiger partial charge on any atom is 0.307 e. The van der Waals surface area contributed by atoms with Gasteiger partial charge in [0.2, 0.25) is 0 Å². The molecular formula is C14H24N2O2. The number of carbonyl (C=O) groups excluding carboxylic acids is 1. The molecule has 0 amide bonds. The fourth-order valence-corrected chi connectivity index (χ4v) is 4.31. The molecule has 0 bridgehead atoms. The van der Waals surface area contributed by atoms with Crippen LogP contribution in [0.2, 0.25) is 0 Å². The van der Waals surface area contributed by atoms with Crippen molar-refractivity contribution in [2.24, 2.45) is 0 Å². The van der Waals surface area contributed by atoms with Gasteiger partial charge in [-0.1, -0.05) is 0 Å². The second-order valence-electron chi connectivity index (χ2n) is 5.97. The van der Waals surface area contributed by atoms with Gasteiger partial charge in [-0.05, 0) is 45.1 Å². The minimum Gasteiger partial charge on any atom is -0.469 e. The van der Waals surface area contributed by atoms with Gasteiger partial charge in [0, 0.05) is 19.1 Å². The van der Waals surface area contributed by atoms with E-state index in [0.29, 0.717) is 18.1 Å². The van der Waals surface area contributed by atoms with E-state index in [9.17, 15) is 4.79 Å². The number of piperidine rings is 2. The van der Waals surface area contributed by atoms with E-state index in [2.05, 4.69) is 9.80 Å². The number of methoxy groups -OCH3 is 1. The number of ether oxygens (including phenoxy) is 1. The maximum absolute atomic E-state index is 11.6. The van der Waals surface area contributed by atoms with E-state index < -0.39 is 0 Å². The first-order valence-corrected chi connectivity index (χ1v) is 7.35. The number of nitrogens with zero attached hydrogens (tertiary/aromatic N) is 2. The Labute approximate surface area is 109 Å². The highest BCUT2D eigenvalue weighted by Gasteiger charge is 2.53. The van der Waals surface area contributed by atoms with E-state index in [1.807, 2.05) is 0 Å². The zero-order valence-corrected chi connectivity index (χ0v) is 11.4. The van der Waals surface area contributed by atoms with Crippen LogP contribution in [0.3, 0.4) is 0 Å². The van der Waals surface area contributed by atoms with Crippen molar-refractivity contribution in [1.82, 2.24) is 9.80 Å². The van der Waals surface area contributed by atoms with Crippen molar-refractivity contribution in [2.75, 3.05) is 26.7 Å². The van der Waals surface area contributed by atoms with Gasteiger partial charge < -0.3 is 4.74 Å². The first-order valence-electron chi connectivity index (χ1n) is 7.35. The van der Waals surface area contributed by atoms with Crippen molar-refractivity contribution < 1.29 is 9.53 Å². The Hall–Kier alpha value is -0.610. The smallest absolute Gasteiger partial charge is 0.307 e. The predicted molar refractivity (Wildman–Crippen MR) is 69.1 cm³/mol. The van der Waals surface area contributed by atoms with Crippen LogP contribution in [0.15, 0.2) is 0 Å². The Balaban J connectivity index is 1.80. The Morgan fingerprint density at radius 3 is 2.67 bits per heavy atom. The largest absolute Gasteiger partial charge is 0.469 e. The highest BCUT2D eigenvalue weighted by atomic mass is 16.5. The Morgan fingerprint density at radius 1 is 1.22 bits per heavy atom. The van der Waals surface area contributed by atoms with Gasteiger partial charge in [-0.25, -0.2) is 0 Å².